The Bertz CT molecular complexity index is 578. The molecule has 2 aliphatic heterocycles. The Balaban J connectivity index is 1.65. The summed E-state index contributed by atoms with van der Waals surface area (Å²) >= 11 is 6.31. The van der Waals surface area contributed by atoms with Crippen LogP contribution in [0.4, 0.5) is 0 Å². The summed E-state index contributed by atoms with van der Waals surface area (Å²) in [5.74, 6) is -0.325. The molecule has 1 aromatic rings. The van der Waals surface area contributed by atoms with Crippen LogP contribution in [0, 0.1) is 5.92 Å². The van der Waals surface area contributed by atoms with Crippen molar-refractivity contribution in [3.05, 3.63) is 34.9 Å². The van der Waals surface area contributed by atoms with Crippen molar-refractivity contribution in [1.29, 1.82) is 0 Å². The zero-order valence-electron chi connectivity index (χ0n) is 14.6. The van der Waals surface area contributed by atoms with E-state index in [4.69, 9.17) is 21.4 Å². The summed E-state index contributed by atoms with van der Waals surface area (Å²) in [5, 5.41) is 9.92. The smallest absolute Gasteiger partial charge is 0.303 e. The molecule has 0 radical (unpaired) electrons. The number of ether oxygens (including phenoxy) is 1. The SMILES string of the molecule is O=C(O)CC[C@@H]1CN(Cc2ccccc2Cl)CC[C@@H]1N1CCOCC1. The molecular weight excluding hydrogens is 340 g/mol. The molecule has 0 amide bonds. The van der Waals surface area contributed by atoms with E-state index in [-0.39, 0.29) is 6.42 Å². The first-order valence-corrected chi connectivity index (χ1v) is 9.50. The maximum absolute atomic E-state index is 11.1. The van der Waals surface area contributed by atoms with Gasteiger partial charge in [-0.3, -0.25) is 14.6 Å². The highest BCUT2D eigenvalue weighted by molar-refractivity contribution is 6.31. The highest BCUT2D eigenvalue weighted by atomic mass is 35.5. The van der Waals surface area contributed by atoms with E-state index < -0.39 is 5.97 Å². The van der Waals surface area contributed by atoms with Crippen molar-refractivity contribution in [3.8, 4) is 0 Å². The number of carboxylic acids is 1. The van der Waals surface area contributed by atoms with Gasteiger partial charge in [0.1, 0.15) is 0 Å². The summed E-state index contributed by atoms with van der Waals surface area (Å²) in [6, 6.07) is 8.43. The molecule has 0 aliphatic carbocycles. The average molecular weight is 367 g/mol. The first-order chi connectivity index (χ1) is 12.1. The molecule has 5 nitrogen and oxygen atoms in total. The molecule has 6 heteroatoms. The number of likely N-dealkylation sites (tertiary alicyclic amines) is 1. The molecule has 138 valence electrons. The van der Waals surface area contributed by atoms with Crippen LogP contribution in [0.3, 0.4) is 0 Å². The number of nitrogens with zero attached hydrogens (tertiary/aromatic N) is 2. The maximum Gasteiger partial charge on any atom is 0.303 e. The van der Waals surface area contributed by atoms with Gasteiger partial charge in [-0.25, -0.2) is 0 Å². The number of piperidine rings is 1. The monoisotopic (exact) mass is 366 g/mol. The quantitative estimate of drug-likeness (QED) is 0.839. The highest BCUT2D eigenvalue weighted by Gasteiger charge is 2.34. The van der Waals surface area contributed by atoms with E-state index in [1.54, 1.807) is 0 Å². The average Bonchev–Trinajstić information content (AvgIpc) is 2.63. The minimum absolute atomic E-state index is 0.242. The van der Waals surface area contributed by atoms with Crippen LogP contribution in [0.1, 0.15) is 24.8 Å². The molecule has 1 N–H and O–H groups in total. The molecular formula is C19H27ClN2O3. The fraction of sp³-hybridized carbons (Fsp3) is 0.632. The largest absolute Gasteiger partial charge is 0.481 e. The molecule has 0 aromatic heterocycles. The molecule has 0 saturated carbocycles. The lowest BCUT2D eigenvalue weighted by atomic mass is 9.86. The molecule has 2 aliphatic rings. The van der Waals surface area contributed by atoms with E-state index in [0.29, 0.717) is 12.0 Å². The second-order valence-electron chi connectivity index (χ2n) is 7.02. The highest BCUT2D eigenvalue weighted by Crippen LogP contribution is 2.29. The van der Waals surface area contributed by atoms with Crippen molar-refractivity contribution in [1.82, 2.24) is 9.80 Å². The Morgan fingerprint density at radius 1 is 1.24 bits per heavy atom. The number of halogens is 1. The van der Waals surface area contributed by atoms with Crippen molar-refractivity contribution in [3.63, 3.8) is 0 Å². The molecule has 0 bridgehead atoms. The molecule has 2 atom stereocenters. The standard InChI is InChI=1S/C19H27ClN2O3/c20-17-4-2-1-3-15(17)13-21-8-7-18(22-9-11-25-12-10-22)16(14-21)5-6-19(23)24/h1-4,16,18H,5-14H2,(H,23,24)/t16-,18+/m1/s1. The Labute approximate surface area is 154 Å². The fourth-order valence-electron chi connectivity index (χ4n) is 4.09. The van der Waals surface area contributed by atoms with Crippen molar-refractivity contribution in [2.45, 2.75) is 31.8 Å². The zero-order valence-corrected chi connectivity index (χ0v) is 15.3. The van der Waals surface area contributed by atoms with Crippen molar-refractivity contribution >= 4 is 17.6 Å². The Hall–Kier alpha value is -1.14. The second kappa shape index (κ2) is 8.99. The third-order valence-electron chi connectivity index (χ3n) is 5.37. The van der Waals surface area contributed by atoms with Crippen molar-refractivity contribution < 1.29 is 14.6 Å². The summed E-state index contributed by atoms with van der Waals surface area (Å²) < 4.78 is 5.48. The molecule has 25 heavy (non-hydrogen) atoms. The number of aliphatic carboxylic acids is 1. The van der Waals surface area contributed by atoms with Crippen molar-refractivity contribution in [2.75, 3.05) is 39.4 Å². The molecule has 3 rings (SSSR count). The van der Waals surface area contributed by atoms with Crippen molar-refractivity contribution in [2.24, 2.45) is 5.92 Å². The molecule has 1 aromatic carbocycles. The molecule has 2 fully saturated rings. The van der Waals surface area contributed by atoms with Crippen LogP contribution >= 0.6 is 11.6 Å². The van der Waals surface area contributed by atoms with Gasteiger partial charge in [0.15, 0.2) is 0 Å². The van der Waals surface area contributed by atoms with Gasteiger partial charge in [-0.05, 0) is 36.9 Å². The Morgan fingerprint density at radius 3 is 2.72 bits per heavy atom. The van der Waals surface area contributed by atoms with Crippen LogP contribution in [0.2, 0.25) is 5.02 Å². The van der Waals surface area contributed by atoms with Crippen LogP contribution in [0.5, 0.6) is 0 Å². The Morgan fingerprint density at radius 2 is 2.00 bits per heavy atom. The number of carbonyl (C=O) groups is 1. The minimum Gasteiger partial charge on any atom is -0.481 e. The summed E-state index contributed by atoms with van der Waals surface area (Å²) in [7, 11) is 0. The number of morpholine rings is 1. The first-order valence-electron chi connectivity index (χ1n) is 9.13. The van der Waals surface area contributed by atoms with Gasteiger partial charge in [0.05, 0.1) is 13.2 Å². The summed E-state index contributed by atoms with van der Waals surface area (Å²) in [6.07, 6.45) is 2.05. The molecule has 2 heterocycles. The van der Waals surface area contributed by atoms with Gasteiger partial charge in [0.25, 0.3) is 0 Å². The minimum atomic E-state index is -0.705. The van der Waals surface area contributed by atoms with E-state index in [2.05, 4.69) is 15.9 Å². The zero-order chi connectivity index (χ0) is 17.6. The van der Waals surface area contributed by atoms with E-state index in [9.17, 15) is 4.79 Å². The molecule has 0 unspecified atom stereocenters. The summed E-state index contributed by atoms with van der Waals surface area (Å²) in [4.78, 5) is 16.0. The van der Waals surface area contributed by atoms with Crippen LogP contribution in [-0.2, 0) is 16.1 Å². The maximum atomic E-state index is 11.1. The van der Waals surface area contributed by atoms with Gasteiger partial charge < -0.3 is 9.84 Å². The van der Waals surface area contributed by atoms with E-state index in [1.807, 2.05) is 18.2 Å². The van der Waals surface area contributed by atoms with Gasteiger partial charge in [-0.15, -0.1) is 0 Å². The molecule has 2 saturated heterocycles. The number of carboxylic acid groups (broad SMARTS) is 1. The topological polar surface area (TPSA) is 53.0 Å². The molecule has 0 spiro atoms. The lowest BCUT2D eigenvalue weighted by molar-refractivity contribution is -0.137. The fourth-order valence-corrected chi connectivity index (χ4v) is 4.28. The third-order valence-corrected chi connectivity index (χ3v) is 5.74. The summed E-state index contributed by atoms with van der Waals surface area (Å²) in [6.45, 7) is 6.27. The van der Waals surface area contributed by atoms with Crippen LogP contribution < -0.4 is 0 Å². The van der Waals surface area contributed by atoms with E-state index in [1.165, 1.54) is 0 Å². The van der Waals surface area contributed by atoms with Gasteiger partial charge >= 0.3 is 5.97 Å². The van der Waals surface area contributed by atoms with Gasteiger partial charge in [-0.1, -0.05) is 29.8 Å². The van der Waals surface area contributed by atoms with Gasteiger partial charge in [0.2, 0.25) is 0 Å². The lowest BCUT2D eigenvalue weighted by Crippen LogP contribution is -2.53. The van der Waals surface area contributed by atoms with Gasteiger partial charge in [-0.2, -0.15) is 0 Å². The first kappa shape index (κ1) is 18.6. The predicted octanol–water partition coefficient (Wildman–Crippen LogP) is 2.73. The van der Waals surface area contributed by atoms with E-state index in [0.717, 1.165) is 69.4 Å². The van der Waals surface area contributed by atoms with E-state index >= 15 is 0 Å². The number of hydrogen-bond acceptors (Lipinski definition) is 4. The summed E-state index contributed by atoms with van der Waals surface area (Å²) in [5.41, 5.74) is 1.14. The predicted molar refractivity (Wildman–Crippen MR) is 97.9 cm³/mol. The third kappa shape index (κ3) is 5.17. The normalized spacial score (nSPS) is 25.8. The number of rotatable bonds is 6. The Kier molecular flexibility index (Phi) is 6.70. The van der Waals surface area contributed by atoms with Gasteiger partial charge in [0, 0.05) is 43.7 Å². The second-order valence-corrected chi connectivity index (χ2v) is 7.43. The van der Waals surface area contributed by atoms with Crippen LogP contribution in [0.25, 0.3) is 0 Å². The number of hydrogen-bond donors (Lipinski definition) is 1. The van der Waals surface area contributed by atoms with Crippen LogP contribution in [0.15, 0.2) is 24.3 Å². The number of benzene rings is 1. The van der Waals surface area contributed by atoms with Crippen LogP contribution in [-0.4, -0.2) is 66.3 Å². The lowest BCUT2D eigenvalue weighted by Gasteiger charge is -2.45.